The van der Waals surface area contributed by atoms with Crippen LogP contribution in [-0.2, 0) is 19.4 Å². The molecule has 3 N–H and O–H groups in total. The Hall–Kier alpha value is -1.30. The average molecular weight is 297 g/mol. The van der Waals surface area contributed by atoms with Crippen LogP contribution in [0.2, 0.25) is 5.02 Å². The van der Waals surface area contributed by atoms with Crippen molar-refractivity contribution in [3.8, 4) is 0 Å². The molecule has 2 aromatic heterocycles. The molecule has 0 fully saturated rings. The van der Waals surface area contributed by atoms with Gasteiger partial charge in [0.2, 0.25) is 0 Å². The van der Waals surface area contributed by atoms with E-state index in [0.29, 0.717) is 11.4 Å². The van der Waals surface area contributed by atoms with Crippen molar-refractivity contribution >= 4 is 11.6 Å². The number of hydrogen-bond acceptors (Lipinski definition) is 4. The second-order valence-corrected chi connectivity index (χ2v) is 5.12. The van der Waals surface area contributed by atoms with Crippen LogP contribution in [-0.4, -0.2) is 9.78 Å². The third-order valence-electron chi connectivity index (χ3n) is 3.53. The first-order chi connectivity index (χ1) is 9.62. The number of nitrogens with one attached hydrogen (secondary N) is 1. The fourth-order valence-corrected chi connectivity index (χ4v) is 2.68. The van der Waals surface area contributed by atoms with Crippen molar-refractivity contribution in [1.29, 1.82) is 0 Å². The van der Waals surface area contributed by atoms with Crippen LogP contribution >= 0.6 is 11.6 Å². The summed E-state index contributed by atoms with van der Waals surface area (Å²) in [6.07, 6.45) is 3.21. The van der Waals surface area contributed by atoms with Crippen molar-refractivity contribution in [2.45, 2.75) is 46.2 Å². The maximum atomic E-state index is 6.35. The first kappa shape index (κ1) is 15.1. The molecule has 1 unspecified atom stereocenters. The molecule has 0 saturated carbocycles. The number of nitrogens with two attached hydrogens (primary N) is 1. The van der Waals surface area contributed by atoms with E-state index >= 15 is 0 Å². The Morgan fingerprint density at radius 3 is 2.85 bits per heavy atom. The van der Waals surface area contributed by atoms with Crippen molar-refractivity contribution in [1.82, 2.24) is 15.2 Å². The second-order valence-electron chi connectivity index (χ2n) is 4.74. The highest BCUT2D eigenvalue weighted by molar-refractivity contribution is 6.31. The largest absolute Gasteiger partial charge is 0.469 e. The molecule has 0 spiro atoms. The van der Waals surface area contributed by atoms with Gasteiger partial charge in [0.15, 0.2) is 0 Å². The summed E-state index contributed by atoms with van der Waals surface area (Å²) in [6.45, 7) is 6.81. The van der Waals surface area contributed by atoms with Gasteiger partial charge in [-0.05, 0) is 19.9 Å². The Kier molecular flexibility index (Phi) is 4.86. The van der Waals surface area contributed by atoms with E-state index in [1.807, 2.05) is 24.6 Å². The van der Waals surface area contributed by atoms with Crippen LogP contribution < -0.4 is 11.3 Å². The number of aryl methyl sites for hydroxylation is 3. The predicted octanol–water partition coefficient (Wildman–Crippen LogP) is 2.77. The van der Waals surface area contributed by atoms with Gasteiger partial charge in [0.25, 0.3) is 0 Å². The lowest BCUT2D eigenvalue weighted by Gasteiger charge is -2.17. The van der Waals surface area contributed by atoms with E-state index in [4.69, 9.17) is 21.9 Å². The summed E-state index contributed by atoms with van der Waals surface area (Å²) in [5, 5.41) is 5.15. The minimum Gasteiger partial charge on any atom is -0.469 e. The van der Waals surface area contributed by atoms with E-state index in [1.165, 1.54) is 0 Å². The van der Waals surface area contributed by atoms with Gasteiger partial charge in [0, 0.05) is 24.9 Å². The molecule has 20 heavy (non-hydrogen) atoms. The quantitative estimate of drug-likeness (QED) is 0.635. The highest BCUT2D eigenvalue weighted by atomic mass is 35.5. The number of rotatable bonds is 6. The standard InChI is InChI=1S/C14H21ClN4O/c1-4-13-10(6-7-20-13)11(17-16)8-12-14(15)9(3)18-19(12)5-2/h6-7,11,17H,4-5,8,16H2,1-3H3. The first-order valence-electron chi connectivity index (χ1n) is 6.86. The van der Waals surface area contributed by atoms with Gasteiger partial charge in [-0.3, -0.25) is 16.0 Å². The van der Waals surface area contributed by atoms with Gasteiger partial charge in [-0.25, -0.2) is 0 Å². The Balaban J connectivity index is 2.31. The zero-order chi connectivity index (χ0) is 14.7. The maximum Gasteiger partial charge on any atom is 0.108 e. The number of nitrogens with zero attached hydrogens (tertiary/aromatic N) is 2. The minimum absolute atomic E-state index is 0.0393. The van der Waals surface area contributed by atoms with Crippen molar-refractivity contribution in [2.75, 3.05) is 0 Å². The summed E-state index contributed by atoms with van der Waals surface area (Å²) < 4.78 is 7.40. The molecule has 0 radical (unpaired) electrons. The van der Waals surface area contributed by atoms with Crippen LogP contribution in [0.1, 0.15) is 42.6 Å². The Bertz CT molecular complexity index is 576. The van der Waals surface area contributed by atoms with Gasteiger partial charge in [0.05, 0.1) is 28.7 Å². The molecule has 0 amide bonds. The summed E-state index contributed by atoms with van der Waals surface area (Å²) in [6, 6.07) is 1.92. The van der Waals surface area contributed by atoms with Gasteiger partial charge in [-0.15, -0.1) is 0 Å². The monoisotopic (exact) mass is 296 g/mol. The van der Waals surface area contributed by atoms with Gasteiger partial charge in [0.1, 0.15) is 5.76 Å². The van der Waals surface area contributed by atoms with Gasteiger partial charge < -0.3 is 4.42 Å². The lowest BCUT2D eigenvalue weighted by molar-refractivity contribution is 0.478. The molecule has 0 aliphatic rings. The molecule has 110 valence electrons. The molecule has 0 saturated heterocycles. The van der Waals surface area contributed by atoms with Crippen molar-refractivity contribution in [2.24, 2.45) is 5.84 Å². The number of halogens is 1. The van der Waals surface area contributed by atoms with E-state index < -0.39 is 0 Å². The third kappa shape index (κ3) is 2.75. The van der Waals surface area contributed by atoms with Gasteiger partial charge in [-0.2, -0.15) is 5.10 Å². The number of hydrogen-bond donors (Lipinski definition) is 2. The van der Waals surface area contributed by atoms with E-state index in [1.54, 1.807) is 6.26 Å². The smallest absolute Gasteiger partial charge is 0.108 e. The van der Waals surface area contributed by atoms with Crippen molar-refractivity contribution in [3.05, 3.63) is 40.1 Å². The van der Waals surface area contributed by atoms with Crippen LogP contribution in [0.15, 0.2) is 16.7 Å². The number of aromatic nitrogens is 2. The molecule has 2 rings (SSSR count). The van der Waals surface area contributed by atoms with Crippen LogP contribution in [0.25, 0.3) is 0 Å². The molecule has 2 aromatic rings. The zero-order valence-electron chi connectivity index (χ0n) is 12.1. The molecule has 0 aromatic carbocycles. The van der Waals surface area contributed by atoms with Crippen LogP contribution in [0.3, 0.4) is 0 Å². The highest BCUT2D eigenvalue weighted by Crippen LogP contribution is 2.28. The molecule has 0 aliphatic carbocycles. The second kappa shape index (κ2) is 6.43. The maximum absolute atomic E-state index is 6.35. The SMILES string of the molecule is CCc1occc1C(Cc1c(Cl)c(C)nn1CC)NN. The molecule has 0 aliphatic heterocycles. The topological polar surface area (TPSA) is 69.0 Å². The normalized spacial score (nSPS) is 12.8. The average Bonchev–Trinajstić information content (AvgIpc) is 3.03. The Labute approximate surface area is 124 Å². The van der Waals surface area contributed by atoms with E-state index in [2.05, 4.69) is 17.4 Å². The van der Waals surface area contributed by atoms with Crippen LogP contribution in [0, 0.1) is 6.92 Å². The summed E-state index contributed by atoms with van der Waals surface area (Å²) in [4.78, 5) is 0. The summed E-state index contributed by atoms with van der Waals surface area (Å²) in [5.74, 6) is 6.67. The zero-order valence-corrected chi connectivity index (χ0v) is 12.9. The minimum atomic E-state index is -0.0393. The fourth-order valence-electron chi connectivity index (χ4n) is 2.46. The molecule has 6 heteroatoms. The van der Waals surface area contributed by atoms with E-state index in [9.17, 15) is 0 Å². The third-order valence-corrected chi connectivity index (χ3v) is 4.02. The van der Waals surface area contributed by atoms with Gasteiger partial charge in [-0.1, -0.05) is 18.5 Å². The fraction of sp³-hybridized carbons (Fsp3) is 0.500. The molecular weight excluding hydrogens is 276 g/mol. The predicted molar refractivity (Wildman–Crippen MR) is 79.5 cm³/mol. The lowest BCUT2D eigenvalue weighted by atomic mass is 10.0. The van der Waals surface area contributed by atoms with E-state index in [0.717, 1.165) is 35.7 Å². The molecule has 5 nitrogen and oxygen atoms in total. The van der Waals surface area contributed by atoms with E-state index in [-0.39, 0.29) is 6.04 Å². The molecular formula is C14H21ClN4O. The lowest BCUT2D eigenvalue weighted by Crippen LogP contribution is -2.30. The van der Waals surface area contributed by atoms with Crippen molar-refractivity contribution in [3.63, 3.8) is 0 Å². The molecule has 0 bridgehead atoms. The Morgan fingerprint density at radius 2 is 2.25 bits per heavy atom. The number of furan rings is 1. The van der Waals surface area contributed by atoms with Crippen LogP contribution in [0.5, 0.6) is 0 Å². The van der Waals surface area contributed by atoms with Crippen LogP contribution in [0.4, 0.5) is 0 Å². The summed E-state index contributed by atoms with van der Waals surface area (Å²) >= 11 is 6.35. The van der Waals surface area contributed by atoms with Crippen molar-refractivity contribution < 1.29 is 4.42 Å². The van der Waals surface area contributed by atoms with Gasteiger partial charge >= 0.3 is 0 Å². The molecule has 2 heterocycles. The summed E-state index contributed by atoms with van der Waals surface area (Å²) in [5.41, 5.74) is 5.78. The highest BCUT2D eigenvalue weighted by Gasteiger charge is 2.21. The number of hydrazine groups is 1. The molecule has 1 atom stereocenters. The Morgan fingerprint density at radius 1 is 1.50 bits per heavy atom. The first-order valence-corrected chi connectivity index (χ1v) is 7.24. The summed E-state index contributed by atoms with van der Waals surface area (Å²) in [7, 11) is 0.